The maximum absolute atomic E-state index is 13.3. The molecule has 0 radical (unpaired) electrons. The number of benzene rings is 2. The predicted octanol–water partition coefficient (Wildman–Crippen LogP) is 5.34. The van der Waals surface area contributed by atoms with Crippen molar-refractivity contribution in [3.8, 4) is 5.75 Å². The molecular weight excluding hydrogens is 487 g/mol. The molecule has 1 unspecified atom stereocenters. The molecule has 0 fully saturated rings. The van der Waals surface area contributed by atoms with E-state index in [-0.39, 0.29) is 30.8 Å². The molecular formula is C23H27BrClFN2O3. The van der Waals surface area contributed by atoms with Gasteiger partial charge >= 0.3 is 0 Å². The zero-order valence-electron chi connectivity index (χ0n) is 18.0. The van der Waals surface area contributed by atoms with Gasteiger partial charge in [0.15, 0.2) is 6.61 Å². The number of carbonyl (C=O) groups is 2. The van der Waals surface area contributed by atoms with E-state index in [0.29, 0.717) is 27.2 Å². The highest BCUT2D eigenvalue weighted by Gasteiger charge is 2.31. The molecule has 0 aromatic heterocycles. The van der Waals surface area contributed by atoms with Crippen molar-refractivity contribution >= 4 is 39.3 Å². The minimum atomic E-state index is -0.700. The van der Waals surface area contributed by atoms with E-state index >= 15 is 0 Å². The van der Waals surface area contributed by atoms with E-state index in [4.69, 9.17) is 16.3 Å². The molecule has 0 saturated carbocycles. The summed E-state index contributed by atoms with van der Waals surface area (Å²) in [6.45, 7) is 7.37. The minimum absolute atomic E-state index is 0.153. The van der Waals surface area contributed by atoms with Gasteiger partial charge < -0.3 is 15.0 Å². The molecule has 0 bridgehead atoms. The average molecular weight is 514 g/mol. The van der Waals surface area contributed by atoms with Crippen LogP contribution in [0.25, 0.3) is 0 Å². The van der Waals surface area contributed by atoms with Crippen molar-refractivity contribution in [3.05, 3.63) is 63.3 Å². The van der Waals surface area contributed by atoms with Crippen LogP contribution in [0.5, 0.6) is 5.75 Å². The molecule has 168 valence electrons. The van der Waals surface area contributed by atoms with Gasteiger partial charge in [0.2, 0.25) is 5.91 Å². The fourth-order valence-electron chi connectivity index (χ4n) is 2.97. The van der Waals surface area contributed by atoms with Crippen molar-refractivity contribution in [3.63, 3.8) is 0 Å². The monoisotopic (exact) mass is 512 g/mol. The minimum Gasteiger partial charge on any atom is -0.483 e. The number of carbonyl (C=O) groups excluding carboxylic acids is 2. The molecule has 2 rings (SSSR count). The molecule has 0 aliphatic heterocycles. The van der Waals surface area contributed by atoms with E-state index in [2.05, 4.69) is 21.2 Å². The van der Waals surface area contributed by atoms with Gasteiger partial charge in [0.25, 0.3) is 5.91 Å². The average Bonchev–Trinajstić information content (AvgIpc) is 2.67. The number of nitrogens with one attached hydrogen (secondary N) is 1. The number of halogens is 3. The van der Waals surface area contributed by atoms with Gasteiger partial charge in [-0.1, -0.05) is 30.7 Å². The maximum Gasteiger partial charge on any atom is 0.261 e. The second-order valence-electron chi connectivity index (χ2n) is 8.17. The normalized spacial score (nSPS) is 12.2. The molecule has 2 aromatic carbocycles. The Bertz CT molecular complexity index is 916. The van der Waals surface area contributed by atoms with Gasteiger partial charge in [-0.05, 0) is 79.0 Å². The summed E-state index contributed by atoms with van der Waals surface area (Å²) in [7, 11) is 0. The van der Waals surface area contributed by atoms with Crippen molar-refractivity contribution in [2.45, 2.75) is 52.2 Å². The zero-order chi connectivity index (χ0) is 23.2. The van der Waals surface area contributed by atoms with E-state index in [1.807, 2.05) is 27.7 Å². The molecule has 2 amide bonds. The highest BCUT2D eigenvalue weighted by molar-refractivity contribution is 9.10. The highest BCUT2D eigenvalue weighted by atomic mass is 79.9. The zero-order valence-corrected chi connectivity index (χ0v) is 20.4. The summed E-state index contributed by atoms with van der Waals surface area (Å²) in [6, 6.07) is 10.1. The van der Waals surface area contributed by atoms with Crippen molar-refractivity contribution in [2.24, 2.45) is 0 Å². The van der Waals surface area contributed by atoms with Gasteiger partial charge in [0.05, 0.1) is 4.47 Å². The van der Waals surface area contributed by atoms with Crippen molar-refractivity contribution in [1.82, 2.24) is 10.2 Å². The molecule has 31 heavy (non-hydrogen) atoms. The molecule has 1 N–H and O–H groups in total. The lowest BCUT2D eigenvalue weighted by Crippen LogP contribution is -2.54. The molecule has 0 spiro atoms. The van der Waals surface area contributed by atoms with Crippen LogP contribution >= 0.6 is 27.5 Å². The number of amides is 2. The predicted molar refractivity (Wildman–Crippen MR) is 124 cm³/mol. The lowest BCUT2D eigenvalue weighted by molar-refractivity contribution is -0.143. The Hall–Kier alpha value is -2.12. The Labute approximate surface area is 196 Å². The third kappa shape index (κ3) is 7.82. The molecule has 1 atom stereocenters. The maximum atomic E-state index is 13.3. The Morgan fingerprint density at radius 2 is 1.84 bits per heavy atom. The van der Waals surface area contributed by atoms with Crippen molar-refractivity contribution < 1.29 is 18.7 Å². The molecule has 0 aliphatic rings. The fourth-order valence-corrected chi connectivity index (χ4v) is 3.77. The van der Waals surface area contributed by atoms with Crippen molar-refractivity contribution in [2.75, 3.05) is 6.61 Å². The van der Waals surface area contributed by atoms with E-state index in [9.17, 15) is 14.0 Å². The largest absolute Gasteiger partial charge is 0.483 e. The molecule has 2 aromatic rings. The lowest BCUT2D eigenvalue weighted by Gasteiger charge is -2.33. The van der Waals surface area contributed by atoms with Gasteiger partial charge in [0, 0.05) is 17.1 Å². The quantitative estimate of drug-likeness (QED) is 0.518. The fraction of sp³-hybridized carbons (Fsp3) is 0.391. The van der Waals surface area contributed by atoms with E-state index in [1.165, 1.54) is 17.0 Å². The number of ether oxygens (including phenoxy) is 1. The van der Waals surface area contributed by atoms with Gasteiger partial charge in [-0.3, -0.25) is 9.59 Å². The summed E-state index contributed by atoms with van der Waals surface area (Å²) in [5.41, 5.74) is 0.268. The second-order valence-corrected chi connectivity index (χ2v) is 9.47. The summed E-state index contributed by atoms with van der Waals surface area (Å²) < 4.78 is 19.6. The lowest BCUT2D eigenvalue weighted by atomic mass is 10.1. The first-order valence-corrected chi connectivity index (χ1v) is 11.1. The van der Waals surface area contributed by atoms with Crippen LogP contribution in [0.15, 0.2) is 46.9 Å². The smallest absolute Gasteiger partial charge is 0.261 e. The first-order chi connectivity index (χ1) is 14.5. The van der Waals surface area contributed by atoms with Crippen LogP contribution in [-0.4, -0.2) is 34.9 Å². The van der Waals surface area contributed by atoms with E-state index in [0.717, 1.165) is 0 Å². The van der Waals surface area contributed by atoms with Crippen LogP contribution in [-0.2, 0) is 16.1 Å². The first kappa shape index (κ1) is 25.1. The van der Waals surface area contributed by atoms with Crippen LogP contribution in [0.2, 0.25) is 5.02 Å². The number of hydrogen-bond acceptors (Lipinski definition) is 3. The summed E-state index contributed by atoms with van der Waals surface area (Å²) in [5.74, 6) is -0.512. The summed E-state index contributed by atoms with van der Waals surface area (Å²) >= 11 is 9.31. The van der Waals surface area contributed by atoms with Crippen LogP contribution in [0.4, 0.5) is 4.39 Å². The Balaban J connectivity index is 2.24. The Morgan fingerprint density at radius 3 is 2.39 bits per heavy atom. The van der Waals surface area contributed by atoms with Gasteiger partial charge in [-0.25, -0.2) is 4.39 Å². The number of nitrogens with zero attached hydrogens (tertiary/aromatic N) is 1. The van der Waals surface area contributed by atoms with Crippen LogP contribution in [0, 0.1) is 5.82 Å². The highest BCUT2D eigenvalue weighted by Crippen LogP contribution is 2.28. The van der Waals surface area contributed by atoms with Crippen LogP contribution in [0.1, 0.15) is 39.7 Å². The third-order valence-electron chi connectivity index (χ3n) is 4.40. The van der Waals surface area contributed by atoms with E-state index in [1.54, 1.807) is 30.3 Å². The Morgan fingerprint density at radius 1 is 1.19 bits per heavy atom. The molecule has 8 heteroatoms. The van der Waals surface area contributed by atoms with Gasteiger partial charge in [-0.15, -0.1) is 0 Å². The molecule has 0 aliphatic carbocycles. The summed E-state index contributed by atoms with van der Waals surface area (Å²) in [4.78, 5) is 27.5. The summed E-state index contributed by atoms with van der Waals surface area (Å²) in [5, 5.41) is 3.47. The standard InChI is InChI=1S/C23H27BrClFN2O3/c1-5-19(22(30)27-23(2,3)4)28(13-15-6-9-17(26)10-7-15)21(29)14-31-20-11-8-16(25)12-18(20)24/h6-12,19H,5,13-14H2,1-4H3,(H,27,30). The van der Waals surface area contributed by atoms with Crippen LogP contribution in [0.3, 0.4) is 0 Å². The topological polar surface area (TPSA) is 58.6 Å². The van der Waals surface area contributed by atoms with E-state index < -0.39 is 11.6 Å². The number of rotatable bonds is 8. The van der Waals surface area contributed by atoms with Gasteiger partial charge in [-0.2, -0.15) is 0 Å². The number of hydrogen-bond donors (Lipinski definition) is 1. The summed E-state index contributed by atoms with van der Waals surface area (Å²) in [6.07, 6.45) is 0.416. The first-order valence-electron chi connectivity index (χ1n) is 9.94. The van der Waals surface area contributed by atoms with Crippen LogP contribution < -0.4 is 10.1 Å². The second kappa shape index (κ2) is 11.0. The Kier molecular flexibility index (Phi) is 8.89. The van der Waals surface area contributed by atoms with Gasteiger partial charge in [0.1, 0.15) is 17.6 Å². The molecule has 0 heterocycles. The van der Waals surface area contributed by atoms with Crippen molar-refractivity contribution in [1.29, 1.82) is 0 Å². The molecule has 0 saturated heterocycles. The SMILES string of the molecule is CCC(C(=O)NC(C)(C)C)N(Cc1ccc(F)cc1)C(=O)COc1ccc(Cl)cc1Br. The third-order valence-corrected chi connectivity index (χ3v) is 5.25. The molecule has 5 nitrogen and oxygen atoms in total.